The van der Waals surface area contributed by atoms with Gasteiger partial charge in [0.25, 0.3) is 0 Å². The summed E-state index contributed by atoms with van der Waals surface area (Å²) in [5, 5.41) is 108. The van der Waals surface area contributed by atoms with Crippen LogP contribution in [0.2, 0.25) is 0 Å². The zero-order chi connectivity index (χ0) is 92.6. The highest BCUT2D eigenvalue weighted by Crippen LogP contribution is 2.56. The van der Waals surface area contributed by atoms with E-state index in [0.29, 0.717) is 38.5 Å². The SMILES string of the molecule is CC1(C)CC(O)CC(C)(C)N1O.CC1(C)CC(OCCCCCCCCCCBr)CC(C)(C)N1O.CC1(C)CC(OCCCCCCCCCCBr)CC(C)(C)N1O.CC1(C)CC(OCCCCCCCCCC[P+](c2ccccc2)(c2ccccc2)c2ccccc2)CC(C)(C)N1O.CC1(C)CC([O-])CC(C)(C)N1O.CC1(C)CC([O-])CC(C)(C)N1O.[Br-]. The van der Waals surface area contributed by atoms with E-state index in [2.05, 4.69) is 206 Å². The lowest BCUT2D eigenvalue weighted by molar-refractivity contribution is -0.449. The van der Waals surface area contributed by atoms with E-state index in [1.165, 1.54) is 200 Å². The Balaban J connectivity index is 0.000000412. The highest BCUT2D eigenvalue weighted by atomic mass is 79.9. The molecule has 0 aromatic heterocycles. The molecule has 22 heteroatoms. The summed E-state index contributed by atoms with van der Waals surface area (Å²) in [5.74, 6) is 0. The smallest absolute Gasteiger partial charge is 0.112 e. The average Bonchev–Trinajstić information content (AvgIpc) is 0.758. The van der Waals surface area contributed by atoms with Crippen LogP contribution in [0, 0.1) is 0 Å². The van der Waals surface area contributed by atoms with E-state index in [0.717, 1.165) is 75.4 Å². The molecular weight excluding hydrogens is 1770 g/mol. The van der Waals surface area contributed by atoms with Crippen LogP contribution in [0.4, 0.5) is 0 Å². The van der Waals surface area contributed by atoms with E-state index in [1.807, 2.05) is 83.1 Å². The highest BCUT2D eigenvalue weighted by molar-refractivity contribution is 9.09. The quantitative estimate of drug-likeness (QED) is 0.0161. The number of aliphatic hydroxyl groups excluding tert-OH is 1. The summed E-state index contributed by atoms with van der Waals surface area (Å²) < 4.78 is 18.5. The van der Waals surface area contributed by atoms with Gasteiger partial charge in [0, 0.05) is 96.9 Å². The van der Waals surface area contributed by atoms with Crippen LogP contribution in [0.25, 0.3) is 0 Å². The molecule has 0 spiro atoms. The van der Waals surface area contributed by atoms with Crippen molar-refractivity contribution in [1.29, 1.82) is 0 Å². The number of hydrogen-bond donors (Lipinski definition) is 7. The highest BCUT2D eigenvalue weighted by Gasteiger charge is 2.51. The lowest BCUT2D eigenvalue weighted by atomic mass is 9.80. The summed E-state index contributed by atoms with van der Waals surface area (Å²) in [4.78, 5) is 0. The van der Waals surface area contributed by atoms with Crippen LogP contribution in [0.15, 0.2) is 91.0 Å². The fraction of sp³-hybridized carbons (Fsp3) is 0.824. The Labute approximate surface area is 785 Å². The third-order valence-corrected chi connectivity index (χ3v) is 32.4. The molecular formula is C102H184Br3N6O12P-2. The van der Waals surface area contributed by atoms with Gasteiger partial charge >= 0.3 is 0 Å². The van der Waals surface area contributed by atoms with E-state index >= 15 is 0 Å². The maximum Gasteiger partial charge on any atom is 0.112 e. The Morgan fingerprint density at radius 3 is 0.645 bits per heavy atom. The molecule has 6 saturated heterocycles. The molecule has 0 bridgehead atoms. The number of hydrogen-bond acceptors (Lipinski definition) is 18. The normalized spacial score (nSPS) is 22.7. The van der Waals surface area contributed by atoms with Gasteiger partial charge in [0.15, 0.2) is 0 Å². The van der Waals surface area contributed by atoms with E-state index in [4.69, 9.17) is 14.2 Å². The fourth-order valence-corrected chi connectivity index (χ4v) is 26.3. The molecule has 6 heterocycles. The molecule has 722 valence electrons. The van der Waals surface area contributed by atoms with Crippen molar-refractivity contribution in [1.82, 2.24) is 30.4 Å². The Morgan fingerprint density at radius 1 is 0.274 bits per heavy atom. The summed E-state index contributed by atoms with van der Waals surface area (Å²) in [5.41, 5.74) is -3.46. The number of ether oxygens (including phenoxy) is 3. The van der Waals surface area contributed by atoms with Gasteiger partial charge in [0.2, 0.25) is 0 Å². The van der Waals surface area contributed by atoms with Gasteiger partial charge in [-0.1, -0.05) is 196 Å². The molecule has 18 nitrogen and oxygen atoms in total. The van der Waals surface area contributed by atoms with E-state index < -0.39 is 19.5 Å². The Bertz CT molecular complexity index is 2960. The molecule has 9 rings (SSSR count). The molecule has 0 unspecified atom stereocenters. The molecule has 0 saturated carbocycles. The number of benzene rings is 3. The van der Waals surface area contributed by atoms with Crippen molar-refractivity contribution in [2.24, 2.45) is 0 Å². The molecule has 0 radical (unpaired) electrons. The largest absolute Gasteiger partial charge is 1.00 e. The van der Waals surface area contributed by atoms with Crippen LogP contribution >= 0.6 is 39.1 Å². The third-order valence-electron chi connectivity index (χ3n) is 26.7. The van der Waals surface area contributed by atoms with Gasteiger partial charge in [-0.05, 0) is 325 Å². The van der Waals surface area contributed by atoms with Crippen LogP contribution in [0.3, 0.4) is 0 Å². The van der Waals surface area contributed by atoms with Crippen molar-refractivity contribution < 1.29 is 77.8 Å². The Kier molecular flexibility index (Phi) is 50.7. The number of halogens is 3. The molecule has 124 heavy (non-hydrogen) atoms. The minimum absolute atomic E-state index is 0. The molecule has 0 atom stereocenters. The van der Waals surface area contributed by atoms with Crippen molar-refractivity contribution in [3.8, 4) is 0 Å². The van der Waals surface area contributed by atoms with E-state index in [1.54, 1.807) is 0 Å². The van der Waals surface area contributed by atoms with Crippen LogP contribution in [-0.4, -0.2) is 206 Å². The average molecular weight is 1960 g/mol. The van der Waals surface area contributed by atoms with Gasteiger partial charge in [-0.3, -0.25) is 0 Å². The summed E-state index contributed by atoms with van der Waals surface area (Å²) in [6.45, 7) is 50.8. The van der Waals surface area contributed by atoms with Gasteiger partial charge in [0.1, 0.15) is 23.2 Å². The first kappa shape index (κ1) is 117. The van der Waals surface area contributed by atoms with Crippen LogP contribution in [0.1, 0.15) is 397 Å². The van der Waals surface area contributed by atoms with Gasteiger partial charge in [-0.15, -0.1) is 12.2 Å². The van der Waals surface area contributed by atoms with Crippen molar-refractivity contribution in [3.05, 3.63) is 91.0 Å². The number of unbranched alkanes of at least 4 members (excludes halogenated alkanes) is 21. The van der Waals surface area contributed by atoms with E-state index in [-0.39, 0.29) is 108 Å². The summed E-state index contributed by atoms with van der Waals surface area (Å²) >= 11 is 6.96. The van der Waals surface area contributed by atoms with Gasteiger partial charge in [-0.25, -0.2) is 0 Å². The zero-order valence-corrected chi connectivity index (χ0v) is 88.4. The molecule has 3 aromatic carbocycles. The molecule has 7 N–H and O–H groups in total. The van der Waals surface area contributed by atoms with Crippen molar-refractivity contribution >= 4 is 55.0 Å². The second kappa shape index (κ2) is 53.8. The molecule has 3 aromatic rings. The van der Waals surface area contributed by atoms with Crippen LogP contribution in [0.5, 0.6) is 0 Å². The number of hydroxylamine groups is 12. The first-order valence-corrected chi connectivity index (χ1v) is 52.3. The number of rotatable bonds is 37. The molecule has 0 amide bonds. The van der Waals surface area contributed by atoms with Gasteiger partial charge in [-0.2, -0.15) is 30.4 Å². The summed E-state index contributed by atoms with van der Waals surface area (Å²) in [6.07, 6.45) is 40.7. The molecule has 6 aliphatic rings. The second-order valence-electron chi connectivity index (χ2n) is 44.8. The lowest BCUT2D eigenvalue weighted by Gasteiger charge is -2.53. The minimum Gasteiger partial charge on any atom is -1.00 e. The topological polar surface area (TPSA) is 235 Å². The first-order chi connectivity index (χ1) is 57.1. The molecule has 0 aliphatic carbocycles. The maximum absolute atomic E-state index is 11.4. The minimum atomic E-state index is -1.69. The lowest BCUT2D eigenvalue weighted by Crippen LogP contribution is -3.00. The van der Waals surface area contributed by atoms with Gasteiger partial charge in [0.05, 0.1) is 30.6 Å². The Hall–Kier alpha value is -1.19. The summed E-state index contributed by atoms with van der Waals surface area (Å²) in [7, 11) is -1.69. The standard InChI is InChI=1S/C37H53NO2P.2C19H38BrNO2.C9H19NO2.2C9H18NO2.BrH/c1-36(2)30-32(31-37(3,4)38(36)39)40-28-20-9-7-5-6-8-10-21-29-41(33-22-14-11-15-23-33,34-24-16-12-17-25-34)35-26-18-13-19-27-35;2*1-18(2)15-17(16-19(3,4)21(18)22)23-14-12-10-8-6-5-7-9-11-13-20;3*1-8(2)5-7(11)6-9(3,4)10(8)12;/h11-19,22-27,32,39H,5-10,20-21,28-31H2,1-4H3;2*17,22H,5-16H2,1-4H3;7,11-12H,5-6H2,1-4H3;2*7,12H,5-6H2,1-4H3;1H/q+1;;;;2*-1;/p-1. The zero-order valence-electron chi connectivity index (χ0n) is 82.8. The van der Waals surface area contributed by atoms with Crippen LogP contribution in [-0.2, 0) is 14.2 Å². The van der Waals surface area contributed by atoms with Gasteiger partial charge < -0.3 is 77.8 Å². The molecule has 6 aliphatic heterocycles. The fourth-order valence-electron chi connectivity index (χ4n) is 21.1. The number of piperidine rings is 6. The number of alkyl halides is 2. The predicted octanol–water partition coefficient (Wildman–Crippen LogP) is 20.3. The third kappa shape index (κ3) is 38.7. The maximum atomic E-state index is 11.4. The van der Waals surface area contributed by atoms with Crippen molar-refractivity contribution in [2.45, 2.75) is 500 Å². The van der Waals surface area contributed by atoms with E-state index in [9.17, 15) is 46.6 Å². The van der Waals surface area contributed by atoms with Crippen LogP contribution < -0.4 is 43.1 Å². The predicted molar refractivity (Wildman–Crippen MR) is 517 cm³/mol. The second-order valence-corrected chi connectivity index (χ2v) is 50.1. The Morgan fingerprint density at radius 2 is 0.444 bits per heavy atom. The van der Waals surface area contributed by atoms with Crippen molar-refractivity contribution in [3.63, 3.8) is 0 Å². The molecule has 6 fully saturated rings. The monoisotopic (exact) mass is 1950 g/mol. The number of aliphatic hydroxyl groups is 1. The number of nitrogens with zero attached hydrogens (tertiary/aromatic N) is 6. The van der Waals surface area contributed by atoms with Crippen molar-refractivity contribution in [2.75, 3.05) is 36.6 Å². The first-order valence-electron chi connectivity index (χ1n) is 48.1. The summed E-state index contributed by atoms with van der Waals surface area (Å²) in [6, 6.07) is 33.8.